The van der Waals surface area contributed by atoms with Crippen molar-refractivity contribution >= 4 is 0 Å². The number of ether oxygens (including phenoxy) is 2. The summed E-state index contributed by atoms with van der Waals surface area (Å²) >= 11 is 0. The summed E-state index contributed by atoms with van der Waals surface area (Å²) in [5.41, 5.74) is -0.00642. The molecule has 1 heterocycles. The molecular formula is C22H36O4. The Morgan fingerprint density at radius 1 is 1.04 bits per heavy atom. The highest BCUT2D eigenvalue weighted by molar-refractivity contribution is 5.19. The van der Waals surface area contributed by atoms with Crippen molar-refractivity contribution in [3.63, 3.8) is 0 Å². The van der Waals surface area contributed by atoms with Crippen LogP contribution in [0.3, 0.4) is 0 Å². The van der Waals surface area contributed by atoms with Crippen LogP contribution in [-0.4, -0.2) is 41.4 Å². The molecule has 4 nitrogen and oxygen atoms in total. The topological polar surface area (TPSA) is 58.9 Å². The Hall–Kier alpha value is -0.420. The van der Waals surface area contributed by atoms with Gasteiger partial charge in [0.2, 0.25) is 0 Å². The van der Waals surface area contributed by atoms with Gasteiger partial charge < -0.3 is 19.7 Å². The van der Waals surface area contributed by atoms with Crippen LogP contribution in [0.1, 0.15) is 65.2 Å². The highest BCUT2D eigenvalue weighted by atomic mass is 16.7. The van der Waals surface area contributed by atoms with Gasteiger partial charge in [0.25, 0.3) is 0 Å². The van der Waals surface area contributed by atoms with Gasteiger partial charge in [0.05, 0.1) is 25.4 Å². The SMILES string of the molecule is CC(C)[C@@]12CC[C@H](O)[C@@H](/C=C/[C@@H](O)C3CCCCC3)[C@@H]1CC21OCCO1. The highest BCUT2D eigenvalue weighted by Gasteiger charge is 2.72. The molecule has 1 spiro atoms. The van der Waals surface area contributed by atoms with E-state index in [1.54, 1.807) is 0 Å². The first-order valence-corrected chi connectivity index (χ1v) is 10.8. The number of hydrogen-bond acceptors (Lipinski definition) is 4. The van der Waals surface area contributed by atoms with E-state index in [1.165, 1.54) is 19.3 Å². The number of aliphatic hydroxyl groups is 2. The van der Waals surface area contributed by atoms with E-state index in [2.05, 4.69) is 19.9 Å². The van der Waals surface area contributed by atoms with Crippen LogP contribution in [0, 0.1) is 29.1 Å². The number of aliphatic hydroxyl groups excluding tert-OH is 2. The van der Waals surface area contributed by atoms with Crippen LogP contribution in [0.2, 0.25) is 0 Å². The molecule has 4 heteroatoms. The fraction of sp³-hybridized carbons (Fsp3) is 0.909. The molecule has 0 aromatic heterocycles. The molecule has 1 saturated heterocycles. The fourth-order valence-electron chi connectivity index (χ4n) is 6.65. The van der Waals surface area contributed by atoms with Crippen molar-refractivity contribution < 1.29 is 19.7 Å². The molecule has 0 bridgehead atoms. The second-order valence-corrected chi connectivity index (χ2v) is 9.41. The van der Waals surface area contributed by atoms with Crippen LogP contribution >= 0.6 is 0 Å². The summed E-state index contributed by atoms with van der Waals surface area (Å²) in [6.45, 7) is 5.91. The maximum absolute atomic E-state index is 10.7. The van der Waals surface area contributed by atoms with Gasteiger partial charge in [0.1, 0.15) is 0 Å². The first kappa shape index (κ1) is 18.9. The molecule has 26 heavy (non-hydrogen) atoms. The normalized spacial score (nSPS) is 41.5. The summed E-state index contributed by atoms with van der Waals surface area (Å²) in [6.07, 6.45) is 12.1. The lowest BCUT2D eigenvalue weighted by Crippen LogP contribution is -2.71. The second kappa shape index (κ2) is 7.20. The van der Waals surface area contributed by atoms with Gasteiger partial charge in [-0.15, -0.1) is 0 Å². The van der Waals surface area contributed by atoms with E-state index in [1.807, 2.05) is 6.08 Å². The van der Waals surface area contributed by atoms with Crippen LogP contribution in [0.15, 0.2) is 12.2 Å². The average Bonchev–Trinajstić information content (AvgIpc) is 3.13. The first-order chi connectivity index (χ1) is 12.5. The molecule has 0 amide bonds. The molecule has 1 aliphatic heterocycles. The molecule has 2 N–H and O–H groups in total. The first-order valence-electron chi connectivity index (χ1n) is 10.8. The molecule has 148 valence electrons. The van der Waals surface area contributed by atoms with Crippen LogP contribution in [0.5, 0.6) is 0 Å². The van der Waals surface area contributed by atoms with Crippen molar-refractivity contribution in [1.82, 2.24) is 0 Å². The number of hydrogen-bond donors (Lipinski definition) is 2. The molecule has 0 aromatic rings. The molecule has 5 atom stereocenters. The Morgan fingerprint density at radius 2 is 1.73 bits per heavy atom. The zero-order valence-corrected chi connectivity index (χ0v) is 16.4. The third-order valence-corrected chi connectivity index (χ3v) is 8.07. The van der Waals surface area contributed by atoms with Crippen molar-refractivity contribution in [2.75, 3.05) is 13.2 Å². The summed E-state index contributed by atoms with van der Waals surface area (Å²) < 4.78 is 12.3. The van der Waals surface area contributed by atoms with E-state index in [9.17, 15) is 10.2 Å². The van der Waals surface area contributed by atoms with E-state index < -0.39 is 5.79 Å². The van der Waals surface area contributed by atoms with E-state index in [0.717, 1.165) is 32.1 Å². The van der Waals surface area contributed by atoms with E-state index in [-0.39, 0.29) is 23.5 Å². The van der Waals surface area contributed by atoms with Gasteiger partial charge in [-0.05, 0) is 43.4 Å². The fourth-order valence-corrected chi connectivity index (χ4v) is 6.65. The van der Waals surface area contributed by atoms with Gasteiger partial charge >= 0.3 is 0 Å². The Labute approximate surface area is 158 Å². The zero-order chi connectivity index (χ0) is 18.4. The summed E-state index contributed by atoms with van der Waals surface area (Å²) in [5, 5.41) is 21.3. The van der Waals surface area contributed by atoms with Crippen LogP contribution < -0.4 is 0 Å². The molecular weight excluding hydrogens is 328 g/mol. The largest absolute Gasteiger partial charge is 0.393 e. The van der Waals surface area contributed by atoms with Crippen molar-refractivity contribution in [3.05, 3.63) is 12.2 Å². The van der Waals surface area contributed by atoms with E-state index in [4.69, 9.17) is 9.47 Å². The number of rotatable bonds is 4. The van der Waals surface area contributed by atoms with Crippen LogP contribution in [-0.2, 0) is 9.47 Å². The maximum Gasteiger partial charge on any atom is 0.174 e. The van der Waals surface area contributed by atoms with Crippen LogP contribution in [0.25, 0.3) is 0 Å². The molecule has 4 rings (SSSR count). The summed E-state index contributed by atoms with van der Waals surface area (Å²) in [7, 11) is 0. The van der Waals surface area contributed by atoms with Crippen molar-refractivity contribution in [2.45, 2.75) is 83.2 Å². The third-order valence-electron chi connectivity index (χ3n) is 8.07. The van der Waals surface area contributed by atoms with Gasteiger partial charge in [0.15, 0.2) is 5.79 Å². The predicted molar refractivity (Wildman–Crippen MR) is 100 cm³/mol. The molecule has 3 aliphatic carbocycles. The van der Waals surface area contributed by atoms with Crippen molar-refractivity contribution in [2.24, 2.45) is 29.1 Å². The van der Waals surface area contributed by atoms with Crippen molar-refractivity contribution in [3.8, 4) is 0 Å². The Bertz CT molecular complexity index is 518. The average molecular weight is 365 g/mol. The van der Waals surface area contributed by atoms with Gasteiger partial charge in [0, 0.05) is 17.8 Å². The monoisotopic (exact) mass is 364 g/mol. The molecule has 0 radical (unpaired) electrons. The smallest absolute Gasteiger partial charge is 0.174 e. The second-order valence-electron chi connectivity index (χ2n) is 9.41. The predicted octanol–water partition coefficient (Wildman–Crippen LogP) is 3.66. The van der Waals surface area contributed by atoms with Crippen molar-refractivity contribution in [1.29, 1.82) is 0 Å². The molecule has 0 unspecified atom stereocenters. The summed E-state index contributed by atoms with van der Waals surface area (Å²) in [5.74, 6) is 0.887. The summed E-state index contributed by atoms with van der Waals surface area (Å²) in [4.78, 5) is 0. The quantitative estimate of drug-likeness (QED) is 0.748. The third kappa shape index (κ3) is 2.80. The molecule has 3 saturated carbocycles. The van der Waals surface area contributed by atoms with Gasteiger partial charge in [-0.3, -0.25) is 0 Å². The zero-order valence-electron chi connectivity index (χ0n) is 16.4. The minimum atomic E-state index is -0.431. The molecule has 0 aromatic carbocycles. The minimum Gasteiger partial charge on any atom is -0.393 e. The highest BCUT2D eigenvalue weighted by Crippen LogP contribution is 2.69. The van der Waals surface area contributed by atoms with Gasteiger partial charge in [-0.1, -0.05) is 45.3 Å². The van der Waals surface area contributed by atoms with Crippen LogP contribution in [0.4, 0.5) is 0 Å². The lowest BCUT2D eigenvalue weighted by atomic mass is 9.42. The minimum absolute atomic E-state index is 0.00642. The lowest BCUT2D eigenvalue weighted by molar-refractivity contribution is -0.365. The van der Waals surface area contributed by atoms with E-state index in [0.29, 0.717) is 31.0 Å². The lowest BCUT2D eigenvalue weighted by Gasteiger charge is -2.67. The standard InChI is InChI=1S/C22H36O4/c1-15(2)21-11-10-20(24)17(18(21)14-22(21)25-12-13-26-22)8-9-19(23)16-6-4-3-5-7-16/h8-9,15-20,23-24H,3-7,10-14H2,1-2H3/b9-8+/t17-,18-,19+,20-,21-/m0/s1. The Morgan fingerprint density at radius 3 is 2.38 bits per heavy atom. The molecule has 4 aliphatic rings. The number of fused-ring (bicyclic) bond motifs is 2. The maximum atomic E-state index is 10.7. The van der Waals surface area contributed by atoms with Gasteiger partial charge in [-0.25, -0.2) is 0 Å². The Balaban J connectivity index is 1.51. The van der Waals surface area contributed by atoms with E-state index >= 15 is 0 Å². The summed E-state index contributed by atoms with van der Waals surface area (Å²) in [6, 6.07) is 0. The van der Waals surface area contributed by atoms with Gasteiger partial charge in [-0.2, -0.15) is 0 Å². The molecule has 4 fully saturated rings. The Kier molecular flexibility index (Phi) is 5.24.